The molecule has 0 spiro atoms. The van der Waals surface area contributed by atoms with Crippen LogP contribution in [0.2, 0.25) is 0 Å². The number of rotatable bonds is 3. The third-order valence-corrected chi connectivity index (χ3v) is 4.92. The molecule has 0 radical (unpaired) electrons. The summed E-state index contributed by atoms with van der Waals surface area (Å²) in [5.74, 6) is 0.804. The Bertz CT molecular complexity index is 579. The van der Waals surface area contributed by atoms with Gasteiger partial charge in [-0.25, -0.2) is 4.98 Å². The van der Waals surface area contributed by atoms with Crippen molar-refractivity contribution in [2.75, 3.05) is 36.8 Å². The van der Waals surface area contributed by atoms with Gasteiger partial charge in [0.15, 0.2) is 0 Å². The molecular formula is C16H22F3N3OS. The van der Waals surface area contributed by atoms with Gasteiger partial charge >= 0.3 is 6.18 Å². The second-order valence-electron chi connectivity index (χ2n) is 6.67. The van der Waals surface area contributed by atoms with Crippen LogP contribution in [0.1, 0.15) is 26.3 Å². The summed E-state index contributed by atoms with van der Waals surface area (Å²) in [4.78, 5) is 19.8. The number of halogens is 3. The Kier molecular flexibility index (Phi) is 5.67. The van der Waals surface area contributed by atoms with E-state index >= 15 is 0 Å². The maximum absolute atomic E-state index is 12.8. The monoisotopic (exact) mass is 361 g/mol. The maximum atomic E-state index is 12.8. The minimum absolute atomic E-state index is 0.0272. The van der Waals surface area contributed by atoms with Crippen molar-refractivity contribution < 1.29 is 18.0 Å². The fraction of sp³-hybridized carbons (Fsp3) is 0.625. The van der Waals surface area contributed by atoms with E-state index in [4.69, 9.17) is 0 Å². The normalized spacial score (nSPS) is 16.4. The van der Waals surface area contributed by atoms with Crippen molar-refractivity contribution in [1.29, 1.82) is 0 Å². The van der Waals surface area contributed by atoms with E-state index in [1.807, 2.05) is 0 Å². The number of pyridine rings is 1. The van der Waals surface area contributed by atoms with Crippen LogP contribution in [0, 0.1) is 0 Å². The number of hydrogen-bond donors (Lipinski definition) is 0. The fourth-order valence-corrected chi connectivity index (χ4v) is 3.06. The summed E-state index contributed by atoms with van der Waals surface area (Å²) in [6.07, 6.45) is -3.20. The van der Waals surface area contributed by atoms with Crippen LogP contribution in [0.4, 0.5) is 19.0 Å². The zero-order chi connectivity index (χ0) is 18.0. The Morgan fingerprint density at radius 1 is 1.21 bits per heavy atom. The Morgan fingerprint density at radius 2 is 1.83 bits per heavy atom. The standard InChI is InChI=1S/C16H22F3N3OS/c1-15(2,3)24-11-14(23)22-8-6-21(7-9-22)13-10-12(4-5-20-13)16(17,18)19/h4-5,10H,6-9,11H2,1-3H3. The van der Waals surface area contributed by atoms with Crippen molar-refractivity contribution in [3.05, 3.63) is 23.9 Å². The van der Waals surface area contributed by atoms with Gasteiger partial charge in [0.1, 0.15) is 5.82 Å². The Morgan fingerprint density at radius 3 is 2.38 bits per heavy atom. The average molecular weight is 361 g/mol. The van der Waals surface area contributed by atoms with Crippen LogP contribution in [0.3, 0.4) is 0 Å². The first-order chi connectivity index (χ1) is 11.1. The Balaban J connectivity index is 1.92. The van der Waals surface area contributed by atoms with Gasteiger partial charge in [0.05, 0.1) is 11.3 Å². The summed E-state index contributed by atoms with van der Waals surface area (Å²) in [5.41, 5.74) is -0.701. The van der Waals surface area contributed by atoms with Crippen molar-refractivity contribution in [3.8, 4) is 0 Å². The molecule has 0 saturated carbocycles. The molecule has 1 fully saturated rings. The van der Waals surface area contributed by atoms with Crippen molar-refractivity contribution in [2.24, 2.45) is 0 Å². The van der Waals surface area contributed by atoms with Crippen LogP contribution < -0.4 is 4.90 Å². The molecule has 8 heteroatoms. The SMILES string of the molecule is CC(C)(C)SCC(=O)N1CCN(c2cc(C(F)(F)F)ccn2)CC1. The van der Waals surface area contributed by atoms with Crippen LogP contribution in [0.25, 0.3) is 0 Å². The lowest BCUT2D eigenvalue weighted by molar-refractivity contribution is -0.137. The largest absolute Gasteiger partial charge is 0.416 e. The number of amides is 1. The summed E-state index contributed by atoms with van der Waals surface area (Å²) in [6.45, 7) is 8.15. The molecule has 1 amide bonds. The van der Waals surface area contributed by atoms with Crippen LogP contribution in [0.15, 0.2) is 18.3 Å². The van der Waals surface area contributed by atoms with E-state index in [0.717, 1.165) is 12.1 Å². The smallest absolute Gasteiger partial charge is 0.353 e. The molecule has 1 aromatic heterocycles. The predicted octanol–water partition coefficient (Wildman–Crippen LogP) is 3.28. The molecule has 4 nitrogen and oxygen atoms in total. The van der Waals surface area contributed by atoms with E-state index in [0.29, 0.717) is 37.7 Å². The zero-order valence-corrected chi connectivity index (χ0v) is 14.9. The van der Waals surface area contributed by atoms with Crippen LogP contribution in [0.5, 0.6) is 0 Å². The molecule has 0 unspecified atom stereocenters. The third-order valence-electron chi connectivity index (χ3n) is 3.66. The lowest BCUT2D eigenvalue weighted by Gasteiger charge is -2.36. The summed E-state index contributed by atoms with van der Waals surface area (Å²) >= 11 is 1.60. The summed E-state index contributed by atoms with van der Waals surface area (Å²) in [6, 6.07) is 2.03. The van der Waals surface area contributed by atoms with E-state index in [-0.39, 0.29) is 10.7 Å². The van der Waals surface area contributed by atoms with Crippen molar-refractivity contribution in [1.82, 2.24) is 9.88 Å². The van der Waals surface area contributed by atoms with E-state index in [1.165, 1.54) is 6.20 Å². The number of aromatic nitrogens is 1. The number of anilines is 1. The first kappa shape index (κ1) is 18.9. The minimum Gasteiger partial charge on any atom is -0.353 e. The Labute approximate surface area is 144 Å². The van der Waals surface area contributed by atoms with Crippen LogP contribution in [-0.4, -0.2) is 52.5 Å². The number of hydrogen-bond acceptors (Lipinski definition) is 4. The zero-order valence-electron chi connectivity index (χ0n) is 14.1. The van der Waals surface area contributed by atoms with Gasteiger partial charge in [-0.1, -0.05) is 20.8 Å². The molecule has 2 heterocycles. The number of nitrogens with zero attached hydrogens (tertiary/aromatic N) is 3. The number of carbonyl (C=O) groups is 1. The van der Waals surface area contributed by atoms with Crippen molar-refractivity contribution in [2.45, 2.75) is 31.7 Å². The quantitative estimate of drug-likeness (QED) is 0.828. The lowest BCUT2D eigenvalue weighted by Crippen LogP contribution is -2.49. The molecule has 0 N–H and O–H groups in total. The fourth-order valence-electron chi connectivity index (χ4n) is 2.32. The highest BCUT2D eigenvalue weighted by Crippen LogP contribution is 2.31. The molecule has 2 rings (SSSR count). The van der Waals surface area contributed by atoms with Gasteiger partial charge in [-0.2, -0.15) is 13.2 Å². The number of alkyl halides is 3. The Hall–Kier alpha value is -1.44. The van der Waals surface area contributed by atoms with E-state index in [1.54, 1.807) is 21.6 Å². The molecule has 0 aliphatic carbocycles. The van der Waals surface area contributed by atoms with Crippen LogP contribution >= 0.6 is 11.8 Å². The van der Waals surface area contributed by atoms with Gasteiger partial charge in [-0.05, 0) is 12.1 Å². The first-order valence-electron chi connectivity index (χ1n) is 7.76. The molecule has 1 saturated heterocycles. The summed E-state index contributed by atoms with van der Waals surface area (Å²) in [5, 5.41) is 0. The highest BCUT2D eigenvalue weighted by atomic mass is 32.2. The minimum atomic E-state index is -4.38. The predicted molar refractivity (Wildman–Crippen MR) is 90.2 cm³/mol. The molecule has 1 aliphatic heterocycles. The number of carbonyl (C=O) groups excluding carboxylic acids is 1. The maximum Gasteiger partial charge on any atom is 0.416 e. The second-order valence-corrected chi connectivity index (χ2v) is 8.47. The average Bonchev–Trinajstić information content (AvgIpc) is 2.51. The molecule has 0 aromatic carbocycles. The van der Waals surface area contributed by atoms with E-state index in [9.17, 15) is 18.0 Å². The lowest BCUT2D eigenvalue weighted by atomic mass is 10.2. The van der Waals surface area contributed by atoms with Gasteiger partial charge < -0.3 is 9.80 Å². The van der Waals surface area contributed by atoms with Gasteiger partial charge in [0, 0.05) is 37.1 Å². The van der Waals surface area contributed by atoms with Crippen molar-refractivity contribution in [3.63, 3.8) is 0 Å². The summed E-state index contributed by atoms with van der Waals surface area (Å²) in [7, 11) is 0. The summed E-state index contributed by atoms with van der Waals surface area (Å²) < 4.78 is 38.4. The molecule has 0 atom stereocenters. The molecule has 1 aromatic rings. The molecule has 0 bridgehead atoms. The third kappa shape index (κ3) is 5.29. The second kappa shape index (κ2) is 7.21. The highest BCUT2D eigenvalue weighted by Gasteiger charge is 2.31. The molecule has 1 aliphatic rings. The number of piperazine rings is 1. The number of thioether (sulfide) groups is 1. The molecule has 24 heavy (non-hydrogen) atoms. The highest BCUT2D eigenvalue weighted by molar-refractivity contribution is 8.01. The van der Waals surface area contributed by atoms with E-state index < -0.39 is 11.7 Å². The van der Waals surface area contributed by atoms with Gasteiger partial charge in [-0.3, -0.25) is 4.79 Å². The van der Waals surface area contributed by atoms with E-state index in [2.05, 4.69) is 25.8 Å². The topological polar surface area (TPSA) is 36.4 Å². The van der Waals surface area contributed by atoms with Gasteiger partial charge in [0.2, 0.25) is 5.91 Å². The van der Waals surface area contributed by atoms with Gasteiger partial charge in [-0.15, -0.1) is 11.8 Å². The van der Waals surface area contributed by atoms with Gasteiger partial charge in [0.25, 0.3) is 0 Å². The van der Waals surface area contributed by atoms with Crippen molar-refractivity contribution >= 4 is 23.5 Å². The first-order valence-corrected chi connectivity index (χ1v) is 8.75. The molecular weight excluding hydrogens is 339 g/mol. The molecule has 134 valence electrons. The van der Waals surface area contributed by atoms with Crippen LogP contribution in [-0.2, 0) is 11.0 Å².